The monoisotopic (exact) mass is 310 g/mol. The summed E-state index contributed by atoms with van der Waals surface area (Å²) in [6.45, 7) is 1.49. The van der Waals surface area contributed by atoms with Crippen LogP contribution in [0.4, 0.5) is 11.4 Å². The van der Waals surface area contributed by atoms with Crippen LogP contribution in [0.15, 0.2) is 47.5 Å². The third-order valence-electron chi connectivity index (χ3n) is 4.03. The predicted molar refractivity (Wildman–Crippen MR) is 94.3 cm³/mol. The molecule has 0 fully saturated rings. The highest BCUT2D eigenvalue weighted by Crippen LogP contribution is 2.29. The van der Waals surface area contributed by atoms with Crippen molar-refractivity contribution in [3.05, 3.63) is 53.6 Å². The van der Waals surface area contributed by atoms with Crippen LogP contribution >= 0.6 is 0 Å². The number of rotatable bonds is 4. The maximum absolute atomic E-state index is 6.14. The standard InChI is InChI=1S/C18H22N4O/c1-21(2)15-6-9-17-14(10-15)12-22(18(19)20-17)11-13-4-7-16(23-3)8-5-13/h4-10H,11-12H2,1-3H3,(H2,19,20). The first-order valence-electron chi connectivity index (χ1n) is 7.59. The van der Waals surface area contributed by atoms with Crippen LogP contribution in [0.1, 0.15) is 11.1 Å². The van der Waals surface area contributed by atoms with Crippen LogP contribution in [0.2, 0.25) is 0 Å². The Hall–Kier alpha value is -2.69. The maximum Gasteiger partial charge on any atom is 0.197 e. The summed E-state index contributed by atoms with van der Waals surface area (Å²) in [5, 5.41) is 0. The molecule has 1 aliphatic rings. The second-order valence-electron chi connectivity index (χ2n) is 5.88. The van der Waals surface area contributed by atoms with Gasteiger partial charge in [-0.2, -0.15) is 0 Å². The molecule has 0 atom stereocenters. The lowest BCUT2D eigenvalue weighted by Gasteiger charge is -2.29. The molecule has 23 heavy (non-hydrogen) atoms. The Bertz CT molecular complexity index is 722. The van der Waals surface area contributed by atoms with Crippen molar-refractivity contribution < 1.29 is 4.74 Å². The number of ether oxygens (including phenoxy) is 1. The first-order valence-corrected chi connectivity index (χ1v) is 7.59. The predicted octanol–water partition coefficient (Wildman–Crippen LogP) is 2.72. The van der Waals surface area contributed by atoms with Crippen molar-refractivity contribution in [2.24, 2.45) is 10.7 Å². The lowest BCUT2D eigenvalue weighted by atomic mass is 10.1. The van der Waals surface area contributed by atoms with Gasteiger partial charge >= 0.3 is 0 Å². The van der Waals surface area contributed by atoms with Crippen LogP contribution < -0.4 is 15.4 Å². The van der Waals surface area contributed by atoms with Gasteiger partial charge in [-0.25, -0.2) is 4.99 Å². The minimum Gasteiger partial charge on any atom is -0.497 e. The van der Waals surface area contributed by atoms with Crippen LogP contribution in [-0.4, -0.2) is 32.1 Å². The van der Waals surface area contributed by atoms with Crippen molar-refractivity contribution in [2.45, 2.75) is 13.1 Å². The molecule has 0 saturated carbocycles. The minimum atomic E-state index is 0.561. The zero-order valence-corrected chi connectivity index (χ0v) is 13.8. The molecule has 2 aromatic carbocycles. The molecule has 0 spiro atoms. The van der Waals surface area contributed by atoms with Crippen molar-refractivity contribution >= 4 is 17.3 Å². The molecule has 0 saturated heterocycles. The van der Waals surface area contributed by atoms with Gasteiger partial charge in [0.15, 0.2) is 5.96 Å². The molecule has 0 aromatic heterocycles. The van der Waals surface area contributed by atoms with Gasteiger partial charge in [0.2, 0.25) is 0 Å². The highest BCUT2D eigenvalue weighted by Gasteiger charge is 2.18. The van der Waals surface area contributed by atoms with Crippen molar-refractivity contribution in [1.29, 1.82) is 0 Å². The quantitative estimate of drug-likeness (QED) is 0.943. The van der Waals surface area contributed by atoms with Gasteiger partial charge in [-0.05, 0) is 41.5 Å². The molecule has 3 rings (SSSR count). The average Bonchev–Trinajstić information content (AvgIpc) is 2.55. The van der Waals surface area contributed by atoms with E-state index in [1.165, 1.54) is 16.8 Å². The molecule has 0 unspecified atom stereocenters. The number of nitrogens with two attached hydrogens (primary N) is 1. The fourth-order valence-electron chi connectivity index (χ4n) is 2.65. The molecular formula is C18H22N4O. The van der Waals surface area contributed by atoms with Crippen molar-refractivity contribution in [3.8, 4) is 5.75 Å². The summed E-state index contributed by atoms with van der Waals surface area (Å²) >= 11 is 0. The number of guanidine groups is 1. The molecule has 5 heteroatoms. The number of methoxy groups -OCH3 is 1. The number of hydrogen-bond donors (Lipinski definition) is 1. The van der Waals surface area contributed by atoms with Gasteiger partial charge in [-0.3, -0.25) is 0 Å². The van der Waals surface area contributed by atoms with Crippen LogP contribution in [0.3, 0.4) is 0 Å². The van der Waals surface area contributed by atoms with Gasteiger partial charge in [0.05, 0.1) is 12.8 Å². The SMILES string of the molecule is COc1ccc(CN2Cc3cc(N(C)C)ccc3N=C2N)cc1. The lowest BCUT2D eigenvalue weighted by molar-refractivity contribution is 0.394. The van der Waals surface area contributed by atoms with Crippen LogP contribution in [0.5, 0.6) is 5.75 Å². The molecule has 0 amide bonds. The molecule has 2 aromatic rings. The van der Waals surface area contributed by atoms with Crippen molar-refractivity contribution in [2.75, 3.05) is 26.1 Å². The van der Waals surface area contributed by atoms with Gasteiger partial charge in [-0.1, -0.05) is 12.1 Å². The molecule has 0 radical (unpaired) electrons. The minimum absolute atomic E-state index is 0.561. The Morgan fingerprint density at radius 1 is 1.17 bits per heavy atom. The molecule has 1 aliphatic heterocycles. The van der Waals surface area contributed by atoms with E-state index >= 15 is 0 Å². The zero-order valence-electron chi connectivity index (χ0n) is 13.8. The van der Waals surface area contributed by atoms with E-state index in [2.05, 4.69) is 39.1 Å². The number of benzene rings is 2. The Labute approximate surface area is 137 Å². The third-order valence-corrected chi connectivity index (χ3v) is 4.03. The maximum atomic E-state index is 6.14. The molecule has 120 valence electrons. The third kappa shape index (κ3) is 3.23. The number of hydrogen-bond acceptors (Lipinski definition) is 5. The Morgan fingerprint density at radius 2 is 1.91 bits per heavy atom. The normalized spacial score (nSPS) is 13.3. The zero-order chi connectivity index (χ0) is 16.4. The number of nitrogens with zero attached hydrogens (tertiary/aromatic N) is 3. The molecule has 0 aliphatic carbocycles. The molecule has 0 bridgehead atoms. The summed E-state index contributed by atoms with van der Waals surface area (Å²) in [5.41, 5.74) is 10.6. The van der Waals surface area contributed by atoms with E-state index < -0.39 is 0 Å². The number of fused-ring (bicyclic) bond motifs is 1. The highest BCUT2D eigenvalue weighted by atomic mass is 16.5. The van der Waals surface area contributed by atoms with Gasteiger partial charge in [0.25, 0.3) is 0 Å². The van der Waals surface area contributed by atoms with E-state index in [-0.39, 0.29) is 0 Å². The first-order chi connectivity index (χ1) is 11.1. The van der Waals surface area contributed by atoms with E-state index in [1.807, 2.05) is 32.3 Å². The first kappa shape index (κ1) is 15.2. The second-order valence-corrected chi connectivity index (χ2v) is 5.88. The van der Waals surface area contributed by atoms with E-state index in [9.17, 15) is 0 Å². The topological polar surface area (TPSA) is 54.1 Å². The summed E-state index contributed by atoms with van der Waals surface area (Å²) in [5.74, 6) is 1.42. The Morgan fingerprint density at radius 3 is 2.57 bits per heavy atom. The fraction of sp³-hybridized carbons (Fsp3) is 0.278. The lowest BCUT2D eigenvalue weighted by Crippen LogP contribution is -2.38. The van der Waals surface area contributed by atoms with Gasteiger partial charge < -0.3 is 20.3 Å². The summed E-state index contributed by atoms with van der Waals surface area (Å²) in [6.07, 6.45) is 0. The largest absolute Gasteiger partial charge is 0.497 e. The van der Waals surface area contributed by atoms with Crippen LogP contribution in [0.25, 0.3) is 0 Å². The second kappa shape index (κ2) is 6.20. The number of anilines is 1. The smallest absolute Gasteiger partial charge is 0.197 e. The van der Waals surface area contributed by atoms with E-state index in [1.54, 1.807) is 7.11 Å². The molecule has 2 N–H and O–H groups in total. The molecular weight excluding hydrogens is 288 g/mol. The van der Waals surface area contributed by atoms with Gasteiger partial charge in [0, 0.05) is 32.9 Å². The average molecular weight is 310 g/mol. The summed E-state index contributed by atoms with van der Waals surface area (Å²) in [6, 6.07) is 14.3. The van der Waals surface area contributed by atoms with Crippen molar-refractivity contribution in [1.82, 2.24) is 4.90 Å². The summed E-state index contributed by atoms with van der Waals surface area (Å²) < 4.78 is 5.20. The summed E-state index contributed by atoms with van der Waals surface area (Å²) in [4.78, 5) is 8.71. The van der Waals surface area contributed by atoms with E-state index in [0.717, 1.165) is 24.5 Å². The van der Waals surface area contributed by atoms with Gasteiger partial charge in [-0.15, -0.1) is 0 Å². The van der Waals surface area contributed by atoms with Crippen molar-refractivity contribution in [3.63, 3.8) is 0 Å². The molecule has 5 nitrogen and oxygen atoms in total. The highest BCUT2D eigenvalue weighted by molar-refractivity contribution is 5.84. The van der Waals surface area contributed by atoms with E-state index in [4.69, 9.17) is 10.5 Å². The Kier molecular flexibility index (Phi) is 4.10. The van der Waals surface area contributed by atoms with Crippen LogP contribution in [-0.2, 0) is 13.1 Å². The Balaban J connectivity index is 1.81. The fourth-order valence-corrected chi connectivity index (χ4v) is 2.65. The van der Waals surface area contributed by atoms with E-state index in [0.29, 0.717) is 5.96 Å². The number of aliphatic imine (C=N–C) groups is 1. The summed E-state index contributed by atoms with van der Waals surface area (Å²) in [7, 11) is 5.75. The van der Waals surface area contributed by atoms with Gasteiger partial charge in [0.1, 0.15) is 5.75 Å². The molecule has 1 heterocycles. The van der Waals surface area contributed by atoms with Crippen LogP contribution in [0, 0.1) is 0 Å².